The fourth-order valence-corrected chi connectivity index (χ4v) is 8.64. The number of unbranched alkanes of at least 4 members (excludes halogenated alkanes) is 4. The van der Waals surface area contributed by atoms with Crippen LogP contribution in [0.3, 0.4) is 0 Å². The molecule has 7 heteroatoms. The van der Waals surface area contributed by atoms with Crippen LogP contribution in [-0.2, 0) is 17.6 Å². The number of hydrogen-bond donors (Lipinski definition) is 4. The molecule has 0 fully saturated rings. The number of fused-ring (bicyclic) bond motifs is 2. The summed E-state index contributed by atoms with van der Waals surface area (Å²) in [5, 5.41) is 47.0. The van der Waals surface area contributed by atoms with Gasteiger partial charge in [-0.3, -0.25) is 0 Å². The summed E-state index contributed by atoms with van der Waals surface area (Å²) >= 11 is 0. The third kappa shape index (κ3) is 7.30. The highest BCUT2D eigenvalue weighted by atomic mass is 16.6. The Morgan fingerprint density at radius 1 is 0.960 bits per heavy atom. The topological polar surface area (TPSA) is 116 Å². The summed E-state index contributed by atoms with van der Waals surface area (Å²) in [5.74, 6) is -0.160. The van der Waals surface area contributed by atoms with Crippen LogP contribution in [0.1, 0.15) is 158 Å². The molecule has 50 heavy (non-hydrogen) atoms. The summed E-state index contributed by atoms with van der Waals surface area (Å²) in [6.45, 7) is 16.3. The van der Waals surface area contributed by atoms with Crippen molar-refractivity contribution in [1.29, 1.82) is 0 Å². The van der Waals surface area contributed by atoms with Crippen molar-refractivity contribution in [3.63, 3.8) is 0 Å². The van der Waals surface area contributed by atoms with Crippen molar-refractivity contribution in [3.8, 4) is 23.0 Å². The lowest BCUT2D eigenvalue weighted by Crippen LogP contribution is -2.50. The highest BCUT2D eigenvalue weighted by molar-refractivity contribution is 5.96. The molecular weight excluding hydrogens is 628 g/mol. The molecule has 0 amide bonds. The van der Waals surface area contributed by atoms with E-state index >= 15 is 0 Å². The maximum Gasteiger partial charge on any atom is 0.342 e. The smallest absolute Gasteiger partial charge is 0.342 e. The molecule has 2 aromatic rings. The Morgan fingerprint density at radius 2 is 1.64 bits per heavy atom. The van der Waals surface area contributed by atoms with Crippen molar-refractivity contribution in [2.75, 3.05) is 0 Å². The maximum absolute atomic E-state index is 14.5. The summed E-state index contributed by atoms with van der Waals surface area (Å²) in [6, 6.07) is 5.37. The number of carbonyl (C=O) groups excluding carboxylic acids is 1. The Kier molecular flexibility index (Phi) is 11.4. The first-order chi connectivity index (χ1) is 23.6. The van der Waals surface area contributed by atoms with E-state index in [9.17, 15) is 25.2 Å². The second-order valence-electron chi connectivity index (χ2n) is 16.2. The van der Waals surface area contributed by atoms with E-state index < -0.39 is 23.3 Å². The molecule has 3 unspecified atom stereocenters. The molecule has 0 saturated heterocycles. The molecule has 2 aliphatic carbocycles. The van der Waals surface area contributed by atoms with E-state index in [1.807, 2.05) is 19.9 Å². The van der Waals surface area contributed by atoms with Gasteiger partial charge in [0.15, 0.2) is 0 Å². The van der Waals surface area contributed by atoms with Gasteiger partial charge in [0.1, 0.15) is 45.9 Å². The second kappa shape index (κ2) is 15.0. The van der Waals surface area contributed by atoms with Gasteiger partial charge < -0.3 is 29.9 Å². The molecule has 0 bridgehead atoms. The Bertz CT molecular complexity index is 1650. The third-order valence-corrected chi connectivity index (χ3v) is 11.6. The first-order valence-corrected chi connectivity index (χ1v) is 19.1. The number of aromatic hydroxyl groups is 3. The molecule has 1 heterocycles. The number of allylic oxidation sites excluding steroid dienone is 2. The van der Waals surface area contributed by atoms with Crippen molar-refractivity contribution in [1.82, 2.24) is 0 Å². The lowest BCUT2D eigenvalue weighted by Gasteiger charge is -2.47. The second-order valence-corrected chi connectivity index (χ2v) is 16.2. The Morgan fingerprint density at radius 3 is 2.30 bits per heavy atom. The highest BCUT2D eigenvalue weighted by Gasteiger charge is 2.51. The Labute approximate surface area is 299 Å². The molecule has 2 aromatic carbocycles. The van der Waals surface area contributed by atoms with Crippen molar-refractivity contribution in [2.24, 2.45) is 11.8 Å². The molecule has 4 atom stereocenters. The van der Waals surface area contributed by atoms with Crippen LogP contribution >= 0.6 is 0 Å². The minimum absolute atomic E-state index is 0.00330. The predicted molar refractivity (Wildman–Crippen MR) is 199 cm³/mol. The monoisotopic (exact) mass is 688 g/mol. The summed E-state index contributed by atoms with van der Waals surface area (Å²) in [5.41, 5.74) is 2.90. The van der Waals surface area contributed by atoms with Crippen LogP contribution in [0.5, 0.6) is 23.0 Å². The number of aliphatic hydroxyl groups excluding tert-OH is 1. The van der Waals surface area contributed by atoms with Gasteiger partial charge in [-0.05, 0) is 126 Å². The van der Waals surface area contributed by atoms with Crippen molar-refractivity contribution in [2.45, 2.75) is 156 Å². The van der Waals surface area contributed by atoms with Crippen molar-refractivity contribution < 1.29 is 34.7 Å². The van der Waals surface area contributed by atoms with Crippen LogP contribution in [-0.4, -0.2) is 43.7 Å². The fraction of sp³-hybridized carbons (Fsp3) is 0.605. The number of benzene rings is 2. The first-order valence-electron chi connectivity index (χ1n) is 19.1. The molecular formula is C43H60O7. The Balaban J connectivity index is 1.55. The van der Waals surface area contributed by atoms with Crippen LogP contribution in [0, 0.1) is 11.8 Å². The molecule has 0 radical (unpaired) electrons. The normalized spacial score (nSPS) is 24.4. The molecule has 0 aromatic heterocycles. The van der Waals surface area contributed by atoms with E-state index in [0.29, 0.717) is 53.2 Å². The number of aliphatic hydroxyl groups is 1. The van der Waals surface area contributed by atoms with E-state index in [-0.39, 0.29) is 34.6 Å². The van der Waals surface area contributed by atoms with E-state index in [2.05, 4.69) is 40.7 Å². The van der Waals surface area contributed by atoms with Crippen molar-refractivity contribution in [3.05, 3.63) is 63.2 Å². The molecule has 4 N–H and O–H groups in total. The standard InChI is InChI=1S/C43H60O7/c1-9-11-13-15-27-22-32(44)38-34(23-27)49-42(6,7)31-19-20-43(8,40(47)37(31)38)50-41(48)35-28(16-14-12-10-2)24-33(45)36(39(35)46)30-21-26(5)17-18-29(30)25(3)4/h21-25,29-30,40,44-47H,9-20H2,1-8H3/t29-,30?,40?,43?/m0/s1. The number of esters is 1. The van der Waals surface area contributed by atoms with Gasteiger partial charge >= 0.3 is 5.97 Å². The van der Waals surface area contributed by atoms with Gasteiger partial charge in [0.25, 0.3) is 0 Å². The summed E-state index contributed by atoms with van der Waals surface area (Å²) in [7, 11) is 0. The molecule has 3 aliphatic rings. The SMILES string of the molecule is CCCCCc1cc(O)c2c(c1)OC(C)(C)C1=C2C(O)C(C)(OC(=O)c2c(CCCCC)cc(O)c(C3C=C(C)CC[C@H]3C(C)C)c2O)CC1. The first kappa shape index (κ1) is 37.8. The zero-order valence-corrected chi connectivity index (χ0v) is 31.6. The van der Waals surface area contributed by atoms with Gasteiger partial charge in [-0.2, -0.15) is 0 Å². The minimum atomic E-state index is -1.36. The van der Waals surface area contributed by atoms with Gasteiger partial charge in [-0.1, -0.05) is 65.0 Å². The van der Waals surface area contributed by atoms with E-state index in [1.165, 1.54) is 5.57 Å². The molecule has 7 nitrogen and oxygen atoms in total. The lowest BCUT2D eigenvalue weighted by molar-refractivity contribution is -0.0694. The zero-order chi connectivity index (χ0) is 36.5. The molecule has 0 spiro atoms. The van der Waals surface area contributed by atoms with Crippen LogP contribution in [0.25, 0.3) is 5.57 Å². The predicted octanol–water partition coefficient (Wildman–Crippen LogP) is 10.1. The Hall–Kier alpha value is -3.45. The number of phenols is 3. The number of hydrogen-bond acceptors (Lipinski definition) is 7. The van der Waals surface area contributed by atoms with Gasteiger partial charge in [-0.15, -0.1) is 0 Å². The van der Waals surface area contributed by atoms with E-state index in [0.717, 1.165) is 68.9 Å². The van der Waals surface area contributed by atoms with Gasteiger partial charge in [-0.25, -0.2) is 4.79 Å². The average Bonchev–Trinajstić information content (AvgIpc) is 3.02. The van der Waals surface area contributed by atoms with Crippen LogP contribution in [0.4, 0.5) is 0 Å². The number of carbonyl (C=O) groups is 1. The number of phenolic OH excluding ortho intramolecular Hbond substituents is 3. The average molecular weight is 689 g/mol. The quantitative estimate of drug-likeness (QED) is 0.0996. The fourth-order valence-electron chi connectivity index (χ4n) is 8.64. The summed E-state index contributed by atoms with van der Waals surface area (Å²) < 4.78 is 12.8. The lowest BCUT2D eigenvalue weighted by atomic mass is 9.70. The minimum Gasteiger partial charge on any atom is -0.507 e. The number of rotatable bonds is 12. The number of ether oxygens (including phenoxy) is 2. The van der Waals surface area contributed by atoms with E-state index in [1.54, 1.807) is 19.1 Å². The molecule has 274 valence electrons. The molecule has 1 aliphatic heterocycles. The van der Waals surface area contributed by atoms with Gasteiger partial charge in [0, 0.05) is 17.1 Å². The third-order valence-electron chi connectivity index (χ3n) is 11.6. The van der Waals surface area contributed by atoms with Crippen molar-refractivity contribution >= 4 is 11.5 Å². The zero-order valence-electron chi connectivity index (χ0n) is 31.6. The largest absolute Gasteiger partial charge is 0.507 e. The molecule has 0 saturated carbocycles. The van der Waals surface area contributed by atoms with Crippen LogP contribution in [0.15, 0.2) is 35.4 Å². The summed E-state index contributed by atoms with van der Waals surface area (Å²) in [4.78, 5) is 14.5. The molecule has 5 rings (SSSR count). The highest BCUT2D eigenvalue weighted by Crippen LogP contribution is 2.54. The van der Waals surface area contributed by atoms with Crippen LogP contribution < -0.4 is 4.74 Å². The van der Waals surface area contributed by atoms with E-state index in [4.69, 9.17) is 9.47 Å². The summed E-state index contributed by atoms with van der Waals surface area (Å²) in [6.07, 6.45) is 10.8. The van der Waals surface area contributed by atoms with Gasteiger partial charge in [0.2, 0.25) is 0 Å². The number of aryl methyl sites for hydroxylation is 2. The maximum atomic E-state index is 14.5. The van der Waals surface area contributed by atoms with Gasteiger partial charge in [0.05, 0.1) is 5.56 Å². The van der Waals surface area contributed by atoms with Crippen LogP contribution in [0.2, 0.25) is 0 Å².